The fraction of sp³-hybridized carbons (Fsp3) is 0.357. The number of nitrogens with zero attached hydrogens (tertiary/aromatic N) is 4. The molecule has 7 nitrogen and oxygen atoms in total. The summed E-state index contributed by atoms with van der Waals surface area (Å²) in [6, 6.07) is 0. The average Bonchev–Trinajstić information content (AvgIpc) is 3.24. The van der Waals surface area contributed by atoms with Gasteiger partial charge in [-0.1, -0.05) is 0 Å². The second-order valence-electron chi connectivity index (χ2n) is 5.34. The molecular weight excluding hydrogens is 266 g/mol. The summed E-state index contributed by atoms with van der Waals surface area (Å²) in [7, 11) is 0. The van der Waals surface area contributed by atoms with E-state index in [1.165, 1.54) is 6.42 Å². The molecule has 1 aliphatic rings. The molecule has 3 N–H and O–H groups in total. The van der Waals surface area contributed by atoms with E-state index < -0.39 is 0 Å². The van der Waals surface area contributed by atoms with Crippen LogP contribution in [0.2, 0.25) is 0 Å². The van der Waals surface area contributed by atoms with Crippen molar-refractivity contribution < 1.29 is 0 Å². The first-order valence-electron chi connectivity index (χ1n) is 7.17. The zero-order valence-electron chi connectivity index (χ0n) is 11.6. The Labute approximate surface area is 121 Å². The van der Waals surface area contributed by atoms with E-state index in [4.69, 9.17) is 0 Å². The van der Waals surface area contributed by atoms with Gasteiger partial charge in [-0.25, -0.2) is 9.97 Å². The van der Waals surface area contributed by atoms with Crippen LogP contribution in [0.1, 0.15) is 6.42 Å². The molecule has 0 aromatic carbocycles. The fourth-order valence-corrected chi connectivity index (χ4v) is 2.78. The van der Waals surface area contributed by atoms with Gasteiger partial charge < -0.3 is 10.6 Å². The van der Waals surface area contributed by atoms with E-state index in [1.54, 1.807) is 12.4 Å². The van der Waals surface area contributed by atoms with Crippen molar-refractivity contribution >= 4 is 11.5 Å². The van der Waals surface area contributed by atoms with Crippen LogP contribution in [0.5, 0.6) is 0 Å². The van der Waals surface area contributed by atoms with Crippen LogP contribution < -0.4 is 10.6 Å². The predicted molar refractivity (Wildman–Crippen MR) is 80.0 cm³/mol. The summed E-state index contributed by atoms with van der Waals surface area (Å²) in [6.45, 7) is 3.11. The summed E-state index contributed by atoms with van der Waals surface area (Å²) in [5.41, 5.74) is 2.87. The number of nitrogens with one attached hydrogen (secondary N) is 3. The molecule has 1 fully saturated rings. The fourth-order valence-electron chi connectivity index (χ4n) is 2.78. The van der Waals surface area contributed by atoms with Gasteiger partial charge in [0.05, 0.1) is 18.1 Å². The Morgan fingerprint density at radius 2 is 2.33 bits per heavy atom. The van der Waals surface area contributed by atoms with Gasteiger partial charge in [0, 0.05) is 30.7 Å². The van der Waals surface area contributed by atoms with E-state index in [9.17, 15) is 0 Å². The second-order valence-corrected chi connectivity index (χ2v) is 5.34. The number of hydrogen-bond acceptors (Lipinski definition) is 5. The highest BCUT2D eigenvalue weighted by Gasteiger charge is 2.16. The van der Waals surface area contributed by atoms with Crippen molar-refractivity contribution in [2.24, 2.45) is 5.92 Å². The largest absolute Gasteiger partial charge is 0.367 e. The maximum atomic E-state index is 4.50. The highest BCUT2D eigenvalue weighted by molar-refractivity contribution is 5.69. The zero-order chi connectivity index (χ0) is 14.1. The third-order valence-corrected chi connectivity index (χ3v) is 3.94. The van der Waals surface area contributed by atoms with E-state index in [2.05, 4.69) is 30.8 Å². The Morgan fingerprint density at radius 1 is 1.33 bits per heavy atom. The molecule has 1 saturated heterocycles. The SMILES string of the molecule is c1cn2c(-c3cn[nH]c3)cnc2c(NCC2CCNC2)n1. The van der Waals surface area contributed by atoms with E-state index in [1.807, 2.05) is 23.0 Å². The second kappa shape index (κ2) is 5.17. The molecule has 3 aromatic rings. The van der Waals surface area contributed by atoms with Gasteiger partial charge in [0.15, 0.2) is 11.5 Å². The van der Waals surface area contributed by atoms with Gasteiger partial charge in [-0.2, -0.15) is 5.10 Å². The van der Waals surface area contributed by atoms with Gasteiger partial charge in [-0.05, 0) is 25.4 Å². The molecule has 1 unspecified atom stereocenters. The molecule has 4 heterocycles. The van der Waals surface area contributed by atoms with Crippen LogP contribution in [0.3, 0.4) is 0 Å². The highest BCUT2D eigenvalue weighted by atomic mass is 15.1. The third kappa shape index (κ3) is 2.25. The molecule has 7 heteroatoms. The minimum atomic E-state index is 0.662. The van der Waals surface area contributed by atoms with E-state index >= 15 is 0 Å². The maximum absolute atomic E-state index is 4.50. The first-order valence-corrected chi connectivity index (χ1v) is 7.17. The number of fused-ring (bicyclic) bond motifs is 1. The van der Waals surface area contributed by atoms with Crippen molar-refractivity contribution in [3.05, 3.63) is 31.0 Å². The molecular formula is C14H17N7. The maximum Gasteiger partial charge on any atom is 0.180 e. The van der Waals surface area contributed by atoms with E-state index in [0.717, 1.165) is 42.4 Å². The van der Waals surface area contributed by atoms with Crippen LogP contribution in [0.4, 0.5) is 5.82 Å². The predicted octanol–water partition coefficient (Wildman–Crippen LogP) is 1.14. The molecule has 21 heavy (non-hydrogen) atoms. The summed E-state index contributed by atoms with van der Waals surface area (Å²) < 4.78 is 2.03. The molecule has 0 amide bonds. The molecule has 1 atom stereocenters. The molecule has 0 spiro atoms. The average molecular weight is 283 g/mol. The van der Waals surface area contributed by atoms with E-state index in [0.29, 0.717) is 5.92 Å². The van der Waals surface area contributed by atoms with Gasteiger partial charge in [0.2, 0.25) is 0 Å². The Hall–Kier alpha value is -2.41. The quantitative estimate of drug-likeness (QED) is 0.669. The first-order chi connectivity index (χ1) is 10.4. The van der Waals surface area contributed by atoms with Crippen molar-refractivity contribution in [1.82, 2.24) is 29.9 Å². The highest BCUT2D eigenvalue weighted by Crippen LogP contribution is 2.22. The molecule has 0 saturated carbocycles. The van der Waals surface area contributed by atoms with Gasteiger partial charge >= 0.3 is 0 Å². The van der Waals surface area contributed by atoms with Gasteiger partial charge in [-0.15, -0.1) is 0 Å². The van der Waals surface area contributed by atoms with Gasteiger partial charge in [0.1, 0.15) is 0 Å². The molecule has 3 aromatic heterocycles. The number of aromatic amines is 1. The van der Waals surface area contributed by atoms with Crippen LogP contribution >= 0.6 is 0 Å². The van der Waals surface area contributed by atoms with Gasteiger partial charge in [0.25, 0.3) is 0 Å². The molecule has 4 rings (SSSR count). The lowest BCUT2D eigenvalue weighted by Gasteiger charge is -2.11. The van der Waals surface area contributed by atoms with Crippen molar-refractivity contribution in [2.75, 3.05) is 25.0 Å². The summed E-state index contributed by atoms with van der Waals surface area (Å²) in [5, 5.41) is 13.6. The molecule has 1 aliphatic heterocycles. The zero-order valence-corrected chi connectivity index (χ0v) is 11.6. The number of hydrogen-bond donors (Lipinski definition) is 3. The van der Waals surface area contributed by atoms with Crippen LogP contribution in [0.15, 0.2) is 31.0 Å². The summed E-state index contributed by atoms with van der Waals surface area (Å²) in [6.07, 6.45) is 10.4. The Balaban J connectivity index is 1.64. The number of anilines is 1. The topological polar surface area (TPSA) is 82.9 Å². The Morgan fingerprint density at radius 3 is 3.14 bits per heavy atom. The summed E-state index contributed by atoms with van der Waals surface area (Å²) in [5.74, 6) is 1.49. The van der Waals surface area contributed by atoms with Crippen LogP contribution in [-0.2, 0) is 0 Å². The normalized spacial score (nSPS) is 18.4. The van der Waals surface area contributed by atoms with Crippen LogP contribution in [0.25, 0.3) is 16.9 Å². The standard InChI is InChI=1S/C14H17N7/c1-2-15-5-10(1)6-17-13-14-18-9-12(11-7-19-20-8-11)21(14)4-3-16-13/h3-4,7-10,15H,1-2,5-6H2,(H,16,17)(H,19,20). The minimum absolute atomic E-state index is 0.662. The monoisotopic (exact) mass is 283 g/mol. The Bertz CT molecular complexity index is 725. The number of aromatic nitrogens is 5. The lowest BCUT2D eigenvalue weighted by molar-refractivity contribution is 0.614. The number of H-pyrrole nitrogens is 1. The van der Waals surface area contributed by atoms with Crippen molar-refractivity contribution in [1.29, 1.82) is 0 Å². The number of rotatable bonds is 4. The first kappa shape index (κ1) is 12.3. The minimum Gasteiger partial charge on any atom is -0.367 e. The van der Waals surface area contributed by atoms with Crippen molar-refractivity contribution in [3.63, 3.8) is 0 Å². The van der Waals surface area contributed by atoms with Crippen molar-refractivity contribution in [2.45, 2.75) is 6.42 Å². The third-order valence-electron chi connectivity index (χ3n) is 3.94. The molecule has 0 bridgehead atoms. The van der Waals surface area contributed by atoms with E-state index in [-0.39, 0.29) is 0 Å². The van der Waals surface area contributed by atoms with Crippen molar-refractivity contribution in [3.8, 4) is 11.3 Å². The molecule has 0 radical (unpaired) electrons. The molecule has 0 aliphatic carbocycles. The summed E-state index contributed by atoms with van der Waals surface area (Å²) in [4.78, 5) is 8.92. The van der Waals surface area contributed by atoms with Crippen LogP contribution in [0, 0.1) is 5.92 Å². The summed E-state index contributed by atoms with van der Waals surface area (Å²) >= 11 is 0. The lowest BCUT2D eigenvalue weighted by Crippen LogP contribution is -2.18. The molecule has 108 valence electrons. The Kier molecular flexibility index (Phi) is 3.04. The van der Waals surface area contributed by atoms with Gasteiger partial charge in [-0.3, -0.25) is 9.50 Å². The lowest BCUT2D eigenvalue weighted by atomic mass is 10.1. The number of imidazole rings is 1. The smallest absolute Gasteiger partial charge is 0.180 e. The van der Waals surface area contributed by atoms with Crippen LogP contribution in [-0.4, -0.2) is 44.2 Å².